The zero-order valence-corrected chi connectivity index (χ0v) is 17.8. The Labute approximate surface area is 176 Å². The first-order chi connectivity index (χ1) is 13.2. The van der Waals surface area contributed by atoms with Crippen LogP contribution in [0.25, 0.3) is 11.5 Å². The van der Waals surface area contributed by atoms with E-state index in [2.05, 4.69) is 15.0 Å². The highest BCUT2D eigenvalue weighted by molar-refractivity contribution is 8.01. The first-order valence-corrected chi connectivity index (χ1v) is 9.96. The Morgan fingerprint density at radius 2 is 2.04 bits per heavy atom. The van der Waals surface area contributed by atoms with Crippen molar-refractivity contribution in [2.45, 2.75) is 37.1 Å². The summed E-state index contributed by atoms with van der Waals surface area (Å²) in [6.45, 7) is 5.52. The van der Waals surface area contributed by atoms with E-state index in [9.17, 15) is 9.90 Å². The van der Waals surface area contributed by atoms with Gasteiger partial charge in [-0.1, -0.05) is 35.0 Å². The lowest BCUT2D eigenvalue weighted by Crippen LogP contribution is -2.27. The lowest BCUT2D eigenvalue weighted by Gasteiger charge is -2.21. The second-order valence-corrected chi connectivity index (χ2v) is 9.11. The molecule has 3 aromatic rings. The van der Waals surface area contributed by atoms with E-state index in [0.717, 1.165) is 10.6 Å². The molecule has 0 radical (unpaired) electrons. The van der Waals surface area contributed by atoms with Crippen LogP contribution in [0.3, 0.4) is 0 Å². The molecule has 6 nitrogen and oxygen atoms in total. The van der Waals surface area contributed by atoms with Gasteiger partial charge in [-0.25, -0.2) is 9.97 Å². The molecule has 0 amide bonds. The van der Waals surface area contributed by atoms with Gasteiger partial charge in [0.2, 0.25) is 0 Å². The molecule has 1 N–H and O–H groups in total. The Morgan fingerprint density at radius 3 is 2.68 bits per heavy atom. The maximum absolute atomic E-state index is 11.7. The highest BCUT2D eigenvalue weighted by atomic mass is 35.5. The number of hydrogen-bond acceptors (Lipinski definition) is 5. The van der Waals surface area contributed by atoms with E-state index in [0.29, 0.717) is 33.8 Å². The first-order valence-electron chi connectivity index (χ1n) is 8.39. The van der Waals surface area contributed by atoms with Gasteiger partial charge in [-0.05, 0) is 44.5 Å². The average Bonchev–Trinajstić information content (AvgIpc) is 2.94. The zero-order valence-electron chi connectivity index (χ0n) is 15.5. The monoisotopic (exact) mass is 436 g/mol. The zero-order chi connectivity index (χ0) is 20.5. The van der Waals surface area contributed by atoms with Gasteiger partial charge in [-0.3, -0.25) is 9.78 Å². The van der Waals surface area contributed by atoms with Crippen LogP contribution in [0.15, 0.2) is 41.8 Å². The third kappa shape index (κ3) is 4.32. The molecule has 0 saturated carbocycles. The third-order valence-corrected chi connectivity index (χ3v) is 6.08. The standard InChI is InChI=1S/C19H18Cl2N4O2S/c1-11-17(28-19(2,3)18(26)27)25(10-12-8-13(20)4-5-14(12)21)16(24-11)15-9-22-6-7-23-15/h4-9H,10H2,1-3H3,(H,26,27). The number of aliphatic carboxylic acids is 1. The SMILES string of the molecule is Cc1nc(-c2cnccn2)n(Cc2cc(Cl)ccc2Cl)c1SC(C)(C)C(=O)O. The molecule has 0 bridgehead atoms. The van der Waals surface area contributed by atoms with Crippen LogP contribution in [0, 0.1) is 6.92 Å². The number of carboxylic acids is 1. The number of thioether (sulfide) groups is 1. The molecule has 3 rings (SSSR count). The molecule has 0 fully saturated rings. The Morgan fingerprint density at radius 1 is 1.29 bits per heavy atom. The lowest BCUT2D eigenvalue weighted by molar-refractivity contribution is -0.138. The van der Waals surface area contributed by atoms with E-state index in [4.69, 9.17) is 23.2 Å². The van der Waals surface area contributed by atoms with Gasteiger partial charge in [0, 0.05) is 22.4 Å². The Kier molecular flexibility index (Phi) is 5.98. The molecule has 0 aliphatic rings. The lowest BCUT2D eigenvalue weighted by atomic mass is 10.2. The van der Waals surface area contributed by atoms with E-state index in [-0.39, 0.29) is 0 Å². The van der Waals surface area contributed by atoms with Crippen molar-refractivity contribution in [3.8, 4) is 11.5 Å². The van der Waals surface area contributed by atoms with Crippen molar-refractivity contribution in [2.24, 2.45) is 0 Å². The molecule has 0 spiro atoms. The first kappa shape index (κ1) is 20.6. The summed E-state index contributed by atoms with van der Waals surface area (Å²) in [4.78, 5) is 24.8. The number of hydrogen-bond donors (Lipinski definition) is 1. The number of carbonyl (C=O) groups is 1. The number of aromatic nitrogens is 4. The van der Waals surface area contributed by atoms with Crippen molar-refractivity contribution in [3.63, 3.8) is 0 Å². The molecule has 2 aromatic heterocycles. The molecule has 9 heteroatoms. The van der Waals surface area contributed by atoms with Crippen LogP contribution >= 0.6 is 35.0 Å². The van der Waals surface area contributed by atoms with Crippen molar-refractivity contribution in [2.75, 3.05) is 0 Å². The summed E-state index contributed by atoms with van der Waals surface area (Å²) in [6, 6.07) is 5.24. The van der Waals surface area contributed by atoms with Crippen molar-refractivity contribution < 1.29 is 9.90 Å². The predicted octanol–water partition coefficient (Wildman–Crippen LogP) is 4.96. The van der Waals surface area contributed by atoms with Crippen LogP contribution in [0.5, 0.6) is 0 Å². The number of halogens is 2. The van der Waals surface area contributed by atoms with Gasteiger partial charge in [-0.2, -0.15) is 0 Å². The minimum atomic E-state index is -1.04. The summed E-state index contributed by atoms with van der Waals surface area (Å²) >= 11 is 13.7. The van der Waals surface area contributed by atoms with E-state index in [1.54, 1.807) is 50.6 Å². The quantitative estimate of drug-likeness (QED) is 0.549. The normalized spacial score (nSPS) is 11.6. The molecule has 1 aromatic carbocycles. The summed E-state index contributed by atoms with van der Waals surface area (Å²) in [5.74, 6) is -0.322. The van der Waals surface area contributed by atoms with Crippen molar-refractivity contribution >= 4 is 40.9 Å². The van der Waals surface area contributed by atoms with Gasteiger partial charge in [0.15, 0.2) is 5.82 Å². The minimum absolute atomic E-state index is 0.365. The van der Waals surface area contributed by atoms with Crippen LogP contribution in [0.4, 0.5) is 0 Å². The van der Waals surface area contributed by atoms with Crippen LogP contribution in [0.2, 0.25) is 10.0 Å². The molecular formula is C19H18Cl2N4O2S. The van der Waals surface area contributed by atoms with Crippen LogP contribution < -0.4 is 0 Å². The predicted molar refractivity (Wildman–Crippen MR) is 111 cm³/mol. The largest absolute Gasteiger partial charge is 0.480 e. The van der Waals surface area contributed by atoms with Crippen molar-refractivity contribution in [3.05, 3.63) is 58.1 Å². The second-order valence-electron chi connectivity index (χ2n) is 6.66. The topological polar surface area (TPSA) is 80.9 Å². The van der Waals surface area contributed by atoms with Gasteiger partial charge in [0.25, 0.3) is 0 Å². The maximum Gasteiger partial charge on any atom is 0.319 e. The maximum atomic E-state index is 11.7. The molecule has 146 valence electrons. The van der Waals surface area contributed by atoms with Gasteiger partial charge in [0.05, 0.1) is 23.5 Å². The number of aryl methyl sites for hydroxylation is 1. The van der Waals surface area contributed by atoms with Gasteiger partial charge in [-0.15, -0.1) is 0 Å². The highest BCUT2D eigenvalue weighted by Crippen LogP contribution is 2.38. The summed E-state index contributed by atoms with van der Waals surface area (Å²) in [5.41, 5.74) is 2.09. The van der Waals surface area contributed by atoms with Crippen LogP contribution in [-0.2, 0) is 11.3 Å². The van der Waals surface area contributed by atoms with E-state index in [1.165, 1.54) is 11.8 Å². The number of imidazole rings is 1. The number of carboxylic acid groups (broad SMARTS) is 1. The molecule has 0 aliphatic carbocycles. The minimum Gasteiger partial charge on any atom is -0.480 e. The van der Waals surface area contributed by atoms with E-state index >= 15 is 0 Å². The van der Waals surface area contributed by atoms with Gasteiger partial charge < -0.3 is 9.67 Å². The van der Waals surface area contributed by atoms with E-state index < -0.39 is 10.7 Å². The van der Waals surface area contributed by atoms with E-state index in [1.807, 2.05) is 11.5 Å². The smallest absolute Gasteiger partial charge is 0.319 e. The number of nitrogens with zero attached hydrogens (tertiary/aromatic N) is 4. The molecular weight excluding hydrogens is 419 g/mol. The molecule has 0 atom stereocenters. The van der Waals surface area contributed by atoms with Gasteiger partial charge in [0.1, 0.15) is 10.4 Å². The Bertz CT molecular complexity index is 1020. The highest BCUT2D eigenvalue weighted by Gasteiger charge is 2.32. The Balaban J connectivity index is 2.16. The molecule has 0 saturated heterocycles. The molecule has 28 heavy (non-hydrogen) atoms. The number of rotatable bonds is 6. The van der Waals surface area contributed by atoms with Crippen molar-refractivity contribution in [1.29, 1.82) is 0 Å². The fraction of sp³-hybridized carbons (Fsp3) is 0.263. The summed E-state index contributed by atoms with van der Waals surface area (Å²) in [5, 5.41) is 11.4. The van der Waals surface area contributed by atoms with Crippen molar-refractivity contribution in [1.82, 2.24) is 19.5 Å². The van der Waals surface area contributed by atoms with Crippen LogP contribution in [-0.4, -0.2) is 35.3 Å². The fourth-order valence-corrected chi connectivity index (χ4v) is 3.96. The molecule has 0 unspecified atom stereocenters. The Hall–Kier alpha value is -2.09. The molecule has 0 aliphatic heterocycles. The van der Waals surface area contributed by atoms with Gasteiger partial charge >= 0.3 is 5.97 Å². The summed E-state index contributed by atoms with van der Waals surface area (Å²) in [7, 11) is 0. The van der Waals surface area contributed by atoms with Crippen LogP contribution in [0.1, 0.15) is 25.1 Å². The average molecular weight is 437 g/mol. The summed E-state index contributed by atoms with van der Waals surface area (Å²) < 4.78 is 0.868. The third-order valence-electron chi connectivity index (χ3n) is 4.08. The molecule has 2 heterocycles. The summed E-state index contributed by atoms with van der Waals surface area (Å²) in [6.07, 6.45) is 4.79. The number of benzene rings is 1. The fourth-order valence-electron chi connectivity index (χ4n) is 2.56. The second kappa shape index (κ2) is 8.11.